The molecule has 1 aliphatic rings. The summed E-state index contributed by atoms with van der Waals surface area (Å²) in [5.41, 5.74) is 4.69. The molecule has 1 atom stereocenters. The standard InChI is InChI=1S/C25H34N2O5S/c1-16-13-18(3)22(14-17(16)2)19(4)26-25(28)20-9-11-27(12-10-20)33(29,30)24-15-21(31-5)7-8-23(24)32-6/h7-8,13-15,19-20H,9-12H2,1-6H3,(H,26,28)/t19-/m1/s1. The van der Waals surface area contributed by atoms with E-state index in [0.29, 0.717) is 18.6 Å². The van der Waals surface area contributed by atoms with Crippen LogP contribution in [-0.4, -0.2) is 45.9 Å². The zero-order valence-corrected chi connectivity index (χ0v) is 21.1. The van der Waals surface area contributed by atoms with Crippen LogP contribution in [-0.2, 0) is 14.8 Å². The van der Waals surface area contributed by atoms with E-state index in [4.69, 9.17) is 9.47 Å². The third-order valence-corrected chi connectivity index (χ3v) is 8.44. The van der Waals surface area contributed by atoms with Crippen molar-refractivity contribution in [2.75, 3.05) is 27.3 Å². The van der Waals surface area contributed by atoms with Crippen LogP contribution < -0.4 is 14.8 Å². The first-order valence-corrected chi connectivity index (χ1v) is 12.6. The lowest BCUT2D eigenvalue weighted by molar-refractivity contribution is -0.126. The van der Waals surface area contributed by atoms with E-state index in [2.05, 4.69) is 38.2 Å². The second-order valence-corrected chi connectivity index (χ2v) is 10.6. The summed E-state index contributed by atoms with van der Waals surface area (Å²) in [6, 6.07) is 8.88. The molecule has 2 aromatic carbocycles. The van der Waals surface area contributed by atoms with Gasteiger partial charge in [0.2, 0.25) is 15.9 Å². The van der Waals surface area contributed by atoms with Crippen molar-refractivity contribution in [3.8, 4) is 11.5 Å². The Kier molecular flexibility index (Phi) is 7.69. The number of nitrogens with zero attached hydrogens (tertiary/aromatic N) is 1. The Bertz CT molecular complexity index is 1120. The highest BCUT2D eigenvalue weighted by Gasteiger charge is 2.34. The van der Waals surface area contributed by atoms with Crippen molar-refractivity contribution in [2.45, 2.75) is 51.5 Å². The molecule has 0 spiro atoms. The molecule has 0 bridgehead atoms. The number of methoxy groups -OCH3 is 2. The number of carbonyl (C=O) groups is 1. The lowest BCUT2D eigenvalue weighted by Crippen LogP contribution is -2.43. The Morgan fingerprint density at radius 1 is 1.00 bits per heavy atom. The van der Waals surface area contributed by atoms with Gasteiger partial charge in [0.25, 0.3) is 0 Å². The van der Waals surface area contributed by atoms with E-state index < -0.39 is 10.0 Å². The molecular weight excluding hydrogens is 440 g/mol. The molecular formula is C25H34N2O5S. The summed E-state index contributed by atoms with van der Waals surface area (Å²) >= 11 is 0. The smallest absolute Gasteiger partial charge is 0.246 e. The monoisotopic (exact) mass is 474 g/mol. The molecule has 1 saturated heterocycles. The van der Waals surface area contributed by atoms with Crippen molar-refractivity contribution >= 4 is 15.9 Å². The Morgan fingerprint density at radius 3 is 2.24 bits per heavy atom. The van der Waals surface area contributed by atoms with Crippen molar-refractivity contribution in [2.24, 2.45) is 5.92 Å². The Balaban J connectivity index is 1.67. The summed E-state index contributed by atoms with van der Waals surface area (Å²) in [5, 5.41) is 3.13. The topological polar surface area (TPSA) is 84.9 Å². The van der Waals surface area contributed by atoms with Gasteiger partial charge in [-0.25, -0.2) is 8.42 Å². The SMILES string of the molecule is COc1ccc(OC)c(S(=O)(=O)N2CCC(C(=O)N[C@H](C)c3cc(C)c(C)cc3C)CC2)c1. The van der Waals surface area contributed by atoms with Gasteiger partial charge >= 0.3 is 0 Å². The summed E-state index contributed by atoms with van der Waals surface area (Å²) in [6.45, 7) is 8.75. The quantitative estimate of drug-likeness (QED) is 0.658. The predicted octanol–water partition coefficient (Wildman–Crippen LogP) is 3.91. The third-order valence-electron chi connectivity index (χ3n) is 6.52. The fourth-order valence-corrected chi connectivity index (χ4v) is 5.98. The first-order valence-electron chi connectivity index (χ1n) is 11.2. The number of ether oxygens (including phenoxy) is 2. The molecule has 0 saturated carbocycles. The summed E-state index contributed by atoms with van der Waals surface area (Å²) in [5.74, 6) is 0.460. The van der Waals surface area contributed by atoms with Crippen LogP contribution in [0.3, 0.4) is 0 Å². The van der Waals surface area contributed by atoms with Crippen LogP contribution >= 0.6 is 0 Å². The number of sulfonamides is 1. The third kappa shape index (κ3) is 5.33. The molecule has 2 aromatic rings. The zero-order chi connectivity index (χ0) is 24.3. The average molecular weight is 475 g/mol. The number of aryl methyl sites for hydroxylation is 3. The number of rotatable bonds is 7. The molecule has 1 fully saturated rings. The molecule has 0 aliphatic carbocycles. The van der Waals surface area contributed by atoms with Crippen LogP contribution in [0.1, 0.15) is 48.1 Å². The number of piperidine rings is 1. The van der Waals surface area contributed by atoms with Crippen LogP contribution in [0.5, 0.6) is 11.5 Å². The van der Waals surface area contributed by atoms with Gasteiger partial charge in [-0.1, -0.05) is 12.1 Å². The molecule has 1 aliphatic heterocycles. The fraction of sp³-hybridized carbons (Fsp3) is 0.480. The molecule has 33 heavy (non-hydrogen) atoms. The minimum Gasteiger partial charge on any atom is -0.497 e. The second kappa shape index (κ2) is 10.1. The molecule has 1 N–H and O–H groups in total. The number of benzene rings is 2. The first-order chi connectivity index (χ1) is 15.6. The zero-order valence-electron chi connectivity index (χ0n) is 20.3. The van der Waals surface area contributed by atoms with Crippen LogP contribution in [0.15, 0.2) is 35.2 Å². The van der Waals surface area contributed by atoms with Crippen molar-refractivity contribution in [1.82, 2.24) is 9.62 Å². The highest BCUT2D eigenvalue weighted by Crippen LogP contribution is 2.33. The van der Waals surface area contributed by atoms with E-state index in [1.807, 2.05) is 6.92 Å². The highest BCUT2D eigenvalue weighted by molar-refractivity contribution is 7.89. The Labute approximate surface area is 197 Å². The molecule has 1 heterocycles. The molecule has 0 unspecified atom stereocenters. The van der Waals surface area contributed by atoms with Crippen LogP contribution in [0.25, 0.3) is 0 Å². The maximum absolute atomic E-state index is 13.3. The van der Waals surface area contributed by atoms with Crippen LogP contribution in [0, 0.1) is 26.7 Å². The first kappa shape index (κ1) is 25.1. The summed E-state index contributed by atoms with van der Waals surface area (Å²) in [4.78, 5) is 13.0. The van der Waals surface area contributed by atoms with Gasteiger partial charge in [0, 0.05) is 25.1 Å². The summed E-state index contributed by atoms with van der Waals surface area (Å²) in [7, 11) is -0.841. The van der Waals surface area contributed by atoms with Crippen molar-refractivity contribution in [3.63, 3.8) is 0 Å². The minimum absolute atomic E-state index is 0.0314. The maximum atomic E-state index is 13.3. The maximum Gasteiger partial charge on any atom is 0.246 e. The fourth-order valence-electron chi connectivity index (χ4n) is 4.34. The number of carbonyl (C=O) groups excluding carboxylic acids is 1. The van der Waals surface area contributed by atoms with E-state index in [0.717, 1.165) is 11.1 Å². The Morgan fingerprint density at radius 2 is 1.64 bits per heavy atom. The lowest BCUT2D eigenvalue weighted by atomic mass is 9.94. The van der Waals surface area contributed by atoms with Gasteiger partial charge in [0.05, 0.1) is 20.3 Å². The van der Waals surface area contributed by atoms with Crippen molar-refractivity contribution in [3.05, 3.63) is 52.6 Å². The molecule has 7 nitrogen and oxygen atoms in total. The summed E-state index contributed by atoms with van der Waals surface area (Å²) in [6.07, 6.45) is 0.936. The second-order valence-electron chi connectivity index (χ2n) is 8.72. The molecule has 8 heteroatoms. The van der Waals surface area contributed by atoms with Gasteiger partial charge in [0.1, 0.15) is 16.4 Å². The van der Waals surface area contributed by atoms with E-state index in [-0.39, 0.29) is 41.6 Å². The normalized spacial score (nSPS) is 16.3. The average Bonchev–Trinajstić information content (AvgIpc) is 2.80. The van der Waals surface area contributed by atoms with Gasteiger partial charge in [-0.2, -0.15) is 4.31 Å². The number of amides is 1. The number of hydrogen-bond donors (Lipinski definition) is 1. The Hall–Kier alpha value is -2.58. The molecule has 0 radical (unpaired) electrons. The van der Waals surface area contributed by atoms with Crippen LogP contribution in [0.2, 0.25) is 0 Å². The molecule has 180 valence electrons. The predicted molar refractivity (Wildman–Crippen MR) is 128 cm³/mol. The molecule has 1 amide bonds. The molecule has 0 aromatic heterocycles. The number of hydrogen-bond acceptors (Lipinski definition) is 5. The van der Waals surface area contributed by atoms with Gasteiger partial charge in [0.15, 0.2) is 0 Å². The minimum atomic E-state index is -3.77. The number of nitrogens with one attached hydrogen (secondary N) is 1. The highest BCUT2D eigenvalue weighted by atomic mass is 32.2. The van der Waals surface area contributed by atoms with E-state index >= 15 is 0 Å². The van der Waals surface area contributed by atoms with E-state index in [1.165, 1.54) is 35.7 Å². The van der Waals surface area contributed by atoms with Gasteiger partial charge < -0.3 is 14.8 Å². The molecule has 3 rings (SSSR count). The van der Waals surface area contributed by atoms with E-state index in [9.17, 15) is 13.2 Å². The van der Waals surface area contributed by atoms with E-state index in [1.54, 1.807) is 12.1 Å². The lowest BCUT2D eigenvalue weighted by Gasteiger charge is -2.31. The summed E-state index contributed by atoms with van der Waals surface area (Å²) < 4.78 is 38.4. The van der Waals surface area contributed by atoms with Crippen molar-refractivity contribution in [1.29, 1.82) is 0 Å². The van der Waals surface area contributed by atoms with Gasteiger partial charge in [-0.05, 0) is 74.9 Å². The van der Waals surface area contributed by atoms with Gasteiger partial charge in [-0.3, -0.25) is 4.79 Å². The van der Waals surface area contributed by atoms with Gasteiger partial charge in [-0.15, -0.1) is 0 Å². The van der Waals surface area contributed by atoms with Crippen LogP contribution in [0.4, 0.5) is 0 Å². The largest absolute Gasteiger partial charge is 0.497 e. The van der Waals surface area contributed by atoms with Crippen molar-refractivity contribution < 1.29 is 22.7 Å².